The van der Waals surface area contributed by atoms with Gasteiger partial charge < -0.3 is 4.90 Å². The summed E-state index contributed by atoms with van der Waals surface area (Å²) in [6.07, 6.45) is 0. The second-order valence-electron chi connectivity index (χ2n) is 5.80. The number of piperazine rings is 1. The van der Waals surface area contributed by atoms with Gasteiger partial charge in [-0.1, -0.05) is 29.3 Å². The van der Waals surface area contributed by atoms with Crippen molar-refractivity contribution in [3.05, 3.63) is 46.3 Å². The van der Waals surface area contributed by atoms with Crippen LogP contribution >= 0.6 is 22.9 Å². The second-order valence-corrected chi connectivity index (χ2v) is 9.68. The van der Waals surface area contributed by atoms with Crippen molar-refractivity contribution in [2.75, 3.05) is 24.5 Å². The molecule has 0 saturated carbocycles. The Morgan fingerprint density at radius 3 is 2.39 bits per heavy atom. The predicted molar refractivity (Wildman–Crippen MR) is 96.1 cm³/mol. The third kappa shape index (κ3) is 3.40. The molecule has 1 aliphatic rings. The Kier molecular flexibility index (Phi) is 4.69. The molecule has 0 spiro atoms. The lowest BCUT2D eigenvalue weighted by atomic mass is 10.1. The zero-order valence-electron chi connectivity index (χ0n) is 13.1. The van der Waals surface area contributed by atoms with E-state index in [1.807, 2.05) is 0 Å². The molecule has 23 heavy (non-hydrogen) atoms. The summed E-state index contributed by atoms with van der Waals surface area (Å²) in [5.41, 5.74) is 2.36. The Morgan fingerprint density at radius 1 is 1.13 bits per heavy atom. The largest absolute Gasteiger partial charge is 0.366 e. The van der Waals surface area contributed by atoms with Gasteiger partial charge in [0, 0.05) is 31.4 Å². The highest BCUT2D eigenvalue weighted by molar-refractivity contribution is 7.91. The van der Waals surface area contributed by atoms with Crippen LogP contribution < -0.4 is 4.90 Å². The molecule has 0 unspecified atom stereocenters. The minimum Gasteiger partial charge on any atom is -0.366 e. The summed E-state index contributed by atoms with van der Waals surface area (Å²) in [4.78, 5) is 2.26. The Hall–Kier alpha value is -1.08. The Morgan fingerprint density at radius 2 is 1.83 bits per heavy atom. The van der Waals surface area contributed by atoms with Gasteiger partial charge in [0.2, 0.25) is 0 Å². The molecule has 1 aromatic carbocycles. The van der Waals surface area contributed by atoms with Gasteiger partial charge in [-0.05, 0) is 38.1 Å². The van der Waals surface area contributed by atoms with Gasteiger partial charge in [0.05, 0.1) is 4.34 Å². The zero-order valence-corrected chi connectivity index (χ0v) is 15.5. The van der Waals surface area contributed by atoms with Crippen LogP contribution in [-0.4, -0.2) is 38.4 Å². The highest BCUT2D eigenvalue weighted by Gasteiger charge is 2.33. The van der Waals surface area contributed by atoms with E-state index in [1.165, 1.54) is 5.56 Å². The minimum absolute atomic E-state index is 0.122. The maximum absolute atomic E-state index is 12.7. The van der Waals surface area contributed by atoms with Crippen molar-refractivity contribution in [3.63, 3.8) is 0 Å². The molecule has 124 valence electrons. The molecule has 1 atom stereocenters. The fraction of sp³-hybridized carbons (Fsp3) is 0.375. The van der Waals surface area contributed by atoms with Crippen LogP contribution in [0.2, 0.25) is 4.34 Å². The predicted octanol–water partition coefficient (Wildman–Crippen LogP) is 3.61. The molecule has 3 rings (SSSR count). The maximum Gasteiger partial charge on any atom is 0.252 e. The van der Waals surface area contributed by atoms with E-state index in [2.05, 4.69) is 43.0 Å². The minimum atomic E-state index is -3.45. The summed E-state index contributed by atoms with van der Waals surface area (Å²) >= 11 is 6.99. The molecule has 1 aromatic heterocycles. The Balaban J connectivity index is 1.77. The summed E-state index contributed by atoms with van der Waals surface area (Å²) in [5.74, 6) is 0. The number of hydrogen-bond donors (Lipinski definition) is 0. The van der Waals surface area contributed by atoms with E-state index in [0.29, 0.717) is 28.2 Å². The van der Waals surface area contributed by atoms with Gasteiger partial charge in [-0.2, -0.15) is 4.31 Å². The van der Waals surface area contributed by atoms with E-state index in [0.717, 1.165) is 17.0 Å². The fourth-order valence-corrected chi connectivity index (χ4v) is 5.98. The van der Waals surface area contributed by atoms with Crippen LogP contribution in [0.15, 0.2) is 40.6 Å². The smallest absolute Gasteiger partial charge is 0.252 e. The maximum atomic E-state index is 12.7. The summed E-state index contributed by atoms with van der Waals surface area (Å²) in [5, 5.41) is 0. The fourth-order valence-electron chi connectivity index (χ4n) is 2.83. The molecule has 1 saturated heterocycles. The third-order valence-electron chi connectivity index (χ3n) is 4.10. The number of anilines is 1. The molecule has 0 N–H and O–H groups in total. The van der Waals surface area contributed by atoms with Crippen LogP contribution in [0.25, 0.3) is 0 Å². The topological polar surface area (TPSA) is 40.6 Å². The first-order chi connectivity index (χ1) is 10.9. The van der Waals surface area contributed by atoms with Crippen LogP contribution in [0.1, 0.15) is 12.5 Å². The first-order valence-corrected chi connectivity index (χ1v) is 10.1. The molecule has 1 fully saturated rings. The van der Waals surface area contributed by atoms with E-state index < -0.39 is 10.0 Å². The monoisotopic (exact) mass is 370 g/mol. The van der Waals surface area contributed by atoms with Crippen molar-refractivity contribution < 1.29 is 8.42 Å². The Bertz CT molecular complexity index is 787. The standard InChI is InChI=1S/C16H19ClN2O2S2/c1-12-3-5-14(6-4-12)19-10-9-18(11-13(19)2)23(20,21)16-8-7-15(17)22-16/h3-8,13H,9-11H2,1-2H3/t13-/m1/s1. The molecular weight excluding hydrogens is 352 g/mol. The van der Waals surface area contributed by atoms with Gasteiger partial charge in [-0.3, -0.25) is 0 Å². The first kappa shape index (κ1) is 16.8. The molecular formula is C16H19ClN2O2S2. The van der Waals surface area contributed by atoms with E-state index in [-0.39, 0.29) is 6.04 Å². The second kappa shape index (κ2) is 6.43. The highest BCUT2D eigenvalue weighted by atomic mass is 35.5. The number of hydrogen-bond acceptors (Lipinski definition) is 4. The number of thiophene rings is 1. The van der Waals surface area contributed by atoms with Crippen molar-refractivity contribution in [2.45, 2.75) is 24.1 Å². The molecule has 0 radical (unpaired) electrons. The summed E-state index contributed by atoms with van der Waals surface area (Å²) < 4.78 is 27.8. The molecule has 0 bridgehead atoms. The molecule has 2 aromatic rings. The molecule has 0 aliphatic carbocycles. The molecule has 7 heteroatoms. The van der Waals surface area contributed by atoms with Crippen molar-refractivity contribution in [1.29, 1.82) is 0 Å². The highest BCUT2D eigenvalue weighted by Crippen LogP contribution is 2.30. The van der Waals surface area contributed by atoms with Crippen LogP contribution in [-0.2, 0) is 10.0 Å². The van der Waals surface area contributed by atoms with E-state index in [1.54, 1.807) is 16.4 Å². The van der Waals surface area contributed by atoms with Crippen molar-refractivity contribution in [1.82, 2.24) is 4.31 Å². The van der Waals surface area contributed by atoms with Crippen LogP contribution in [0.3, 0.4) is 0 Å². The molecule has 0 amide bonds. The van der Waals surface area contributed by atoms with Gasteiger partial charge in [0.15, 0.2) is 0 Å². The normalized spacial score (nSPS) is 20.0. The third-order valence-corrected chi connectivity index (χ3v) is 7.66. The van der Waals surface area contributed by atoms with Gasteiger partial charge in [-0.15, -0.1) is 11.3 Å². The van der Waals surface area contributed by atoms with Crippen molar-refractivity contribution in [3.8, 4) is 0 Å². The number of sulfonamides is 1. The molecule has 2 heterocycles. The summed E-state index contributed by atoms with van der Waals surface area (Å²) in [7, 11) is -3.45. The lowest BCUT2D eigenvalue weighted by molar-refractivity contribution is 0.343. The van der Waals surface area contributed by atoms with E-state index >= 15 is 0 Å². The van der Waals surface area contributed by atoms with E-state index in [9.17, 15) is 8.42 Å². The van der Waals surface area contributed by atoms with E-state index in [4.69, 9.17) is 11.6 Å². The van der Waals surface area contributed by atoms with Gasteiger partial charge >= 0.3 is 0 Å². The number of nitrogens with zero attached hydrogens (tertiary/aromatic N) is 2. The molecule has 1 aliphatic heterocycles. The SMILES string of the molecule is Cc1ccc(N2CCN(S(=O)(=O)c3ccc(Cl)s3)C[C@H]2C)cc1. The number of benzene rings is 1. The average molecular weight is 371 g/mol. The Labute approximate surface area is 146 Å². The average Bonchev–Trinajstić information content (AvgIpc) is 2.95. The number of rotatable bonds is 3. The first-order valence-electron chi connectivity index (χ1n) is 7.47. The zero-order chi connectivity index (χ0) is 16.6. The number of halogens is 1. The van der Waals surface area contributed by atoms with Crippen molar-refractivity contribution >= 4 is 38.6 Å². The van der Waals surface area contributed by atoms with Crippen LogP contribution in [0, 0.1) is 6.92 Å². The number of aryl methyl sites for hydroxylation is 1. The quantitative estimate of drug-likeness (QED) is 0.828. The summed E-state index contributed by atoms with van der Waals surface area (Å²) in [6.45, 7) is 5.76. The molecule has 4 nitrogen and oxygen atoms in total. The summed E-state index contributed by atoms with van der Waals surface area (Å²) in [6, 6.07) is 11.7. The lowest BCUT2D eigenvalue weighted by Crippen LogP contribution is -2.53. The van der Waals surface area contributed by atoms with Gasteiger partial charge in [0.25, 0.3) is 10.0 Å². The van der Waals surface area contributed by atoms with Gasteiger partial charge in [0.1, 0.15) is 4.21 Å². The van der Waals surface area contributed by atoms with Crippen LogP contribution in [0.4, 0.5) is 5.69 Å². The van der Waals surface area contributed by atoms with Crippen LogP contribution in [0.5, 0.6) is 0 Å². The van der Waals surface area contributed by atoms with Crippen molar-refractivity contribution in [2.24, 2.45) is 0 Å². The lowest BCUT2D eigenvalue weighted by Gasteiger charge is -2.40. The van der Waals surface area contributed by atoms with Gasteiger partial charge in [-0.25, -0.2) is 8.42 Å².